The Morgan fingerprint density at radius 2 is 1.79 bits per heavy atom. The fourth-order valence-corrected chi connectivity index (χ4v) is 2.21. The van der Waals surface area contributed by atoms with Crippen molar-refractivity contribution < 1.29 is 19.2 Å². The van der Waals surface area contributed by atoms with E-state index in [1.165, 1.54) is 42.5 Å². The number of aromatic carboxylic acids is 1. The number of carboxylic acid groups (broad SMARTS) is 1. The molecule has 0 unspecified atom stereocenters. The molecule has 0 spiro atoms. The molecule has 3 N–H and O–H groups in total. The van der Waals surface area contributed by atoms with E-state index in [9.17, 15) is 19.3 Å². The Morgan fingerprint density at radius 3 is 2.43 bits per heavy atom. The summed E-state index contributed by atoms with van der Waals surface area (Å²) in [7, 11) is 0. The summed E-state index contributed by atoms with van der Waals surface area (Å²) in [5.41, 5.74) is 0.453. The Morgan fingerprint density at radius 1 is 1.11 bits per heavy atom. The normalized spacial score (nSPS) is 9.89. The number of aromatic nitrogens is 2. The predicted molar refractivity (Wildman–Crippen MR) is 102 cm³/mol. The molecule has 0 bridgehead atoms. The van der Waals surface area contributed by atoms with Crippen LogP contribution in [-0.4, -0.2) is 26.0 Å². The first-order valence-electron chi connectivity index (χ1n) is 7.57. The minimum Gasteiger partial charge on any atom is -0.478 e. The topological polar surface area (TPSA) is 130 Å². The van der Waals surface area contributed by atoms with Gasteiger partial charge in [0.2, 0.25) is 5.95 Å². The van der Waals surface area contributed by atoms with Gasteiger partial charge in [0.05, 0.1) is 16.7 Å². The highest BCUT2D eigenvalue weighted by atomic mass is 35.5. The molecule has 0 aliphatic heterocycles. The smallest absolute Gasteiger partial charge is 0.335 e. The maximum atomic E-state index is 14.0. The third-order valence-electron chi connectivity index (χ3n) is 3.49. The molecule has 0 amide bonds. The summed E-state index contributed by atoms with van der Waals surface area (Å²) in [6.45, 7) is 0. The van der Waals surface area contributed by atoms with Crippen molar-refractivity contribution in [3.05, 3.63) is 76.2 Å². The van der Waals surface area contributed by atoms with Gasteiger partial charge in [0.1, 0.15) is 5.69 Å². The SMILES string of the molecule is Cl.O=C(O)c1ccc(Nc2ncc(F)c(Nc3ccccc3[N+](=O)[O-])n2)cc1. The van der Waals surface area contributed by atoms with E-state index in [0.29, 0.717) is 5.69 Å². The predicted octanol–water partition coefficient (Wildman–Crippen LogP) is 4.13. The Hall–Kier alpha value is -3.79. The van der Waals surface area contributed by atoms with Crippen molar-refractivity contribution in [3.63, 3.8) is 0 Å². The molecule has 1 heterocycles. The number of anilines is 4. The van der Waals surface area contributed by atoms with E-state index < -0.39 is 16.7 Å². The van der Waals surface area contributed by atoms with Crippen molar-refractivity contribution in [3.8, 4) is 0 Å². The Labute approximate surface area is 163 Å². The van der Waals surface area contributed by atoms with Crippen LogP contribution in [0.5, 0.6) is 0 Å². The average Bonchev–Trinajstić information content (AvgIpc) is 2.65. The van der Waals surface area contributed by atoms with Gasteiger partial charge >= 0.3 is 5.97 Å². The third-order valence-corrected chi connectivity index (χ3v) is 3.49. The number of nitrogens with one attached hydrogen (secondary N) is 2. The zero-order valence-electron chi connectivity index (χ0n) is 14.0. The summed E-state index contributed by atoms with van der Waals surface area (Å²) in [6, 6.07) is 11.6. The van der Waals surface area contributed by atoms with Crippen LogP contribution in [0.2, 0.25) is 0 Å². The summed E-state index contributed by atoms with van der Waals surface area (Å²) in [5, 5.41) is 25.3. The van der Waals surface area contributed by atoms with Crippen molar-refractivity contribution >= 4 is 47.2 Å². The van der Waals surface area contributed by atoms with Gasteiger partial charge in [-0.05, 0) is 30.3 Å². The van der Waals surface area contributed by atoms with E-state index in [1.807, 2.05) is 0 Å². The minimum absolute atomic E-state index is 0. The largest absolute Gasteiger partial charge is 0.478 e. The number of carbonyl (C=O) groups is 1. The van der Waals surface area contributed by atoms with E-state index in [0.717, 1.165) is 6.20 Å². The molecule has 0 fully saturated rings. The number of benzene rings is 2. The summed E-state index contributed by atoms with van der Waals surface area (Å²) in [4.78, 5) is 29.1. The van der Waals surface area contributed by atoms with Crippen LogP contribution in [0.3, 0.4) is 0 Å². The van der Waals surface area contributed by atoms with Gasteiger partial charge < -0.3 is 15.7 Å². The number of nitro groups is 1. The molecule has 3 aromatic rings. The van der Waals surface area contributed by atoms with Crippen LogP contribution in [0.15, 0.2) is 54.7 Å². The van der Waals surface area contributed by atoms with E-state index in [1.54, 1.807) is 6.07 Å². The molecule has 3 rings (SSSR count). The number of hydrogen-bond donors (Lipinski definition) is 3. The van der Waals surface area contributed by atoms with Crippen molar-refractivity contribution in [1.82, 2.24) is 9.97 Å². The number of nitrogens with zero attached hydrogens (tertiary/aromatic N) is 3. The first-order valence-corrected chi connectivity index (χ1v) is 7.57. The minimum atomic E-state index is -1.06. The van der Waals surface area contributed by atoms with Gasteiger partial charge in [-0.3, -0.25) is 10.1 Å². The first-order chi connectivity index (χ1) is 12.9. The molecule has 0 aliphatic carbocycles. The number of carboxylic acids is 1. The molecule has 0 aliphatic rings. The molecule has 0 saturated heterocycles. The number of halogens is 2. The second-order valence-corrected chi connectivity index (χ2v) is 5.30. The quantitative estimate of drug-likeness (QED) is 0.412. The van der Waals surface area contributed by atoms with Crippen molar-refractivity contribution in [2.75, 3.05) is 10.6 Å². The van der Waals surface area contributed by atoms with Crippen LogP contribution < -0.4 is 10.6 Å². The van der Waals surface area contributed by atoms with Crippen LogP contribution in [-0.2, 0) is 0 Å². The molecular formula is C17H13ClFN5O4. The van der Waals surface area contributed by atoms with Gasteiger partial charge in [0.15, 0.2) is 11.6 Å². The third kappa shape index (κ3) is 4.68. The Bertz CT molecular complexity index is 1020. The van der Waals surface area contributed by atoms with Crippen molar-refractivity contribution in [2.24, 2.45) is 0 Å². The molecule has 2 aromatic carbocycles. The van der Waals surface area contributed by atoms with E-state index >= 15 is 0 Å². The van der Waals surface area contributed by atoms with Gasteiger partial charge in [0.25, 0.3) is 5.69 Å². The zero-order chi connectivity index (χ0) is 19.4. The molecule has 144 valence electrons. The molecule has 9 nitrogen and oxygen atoms in total. The van der Waals surface area contributed by atoms with Gasteiger partial charge in [-0.1, -0.05) is 12.1 Å². The summed E-state index contributed by atoms with van der Waals surface area (Å²) in [6.07, 6.45) is 0.915. The Balaban J connectivity index is 0.00000280. The molecule has 11 heteroatoms. The Kier molecular flexibility index (Phi) is 6.40. The standard InChI is InChI=1S/C17H12FN5O4.ClH/c18-12-9-19-17(20-11-7-5-10(6-8-11)16(24)25)22-15(12)21-13-3-1-2-4-14(13)23(26)27;/h1-9H,(H,24,25)(H2,19,20,21,22);1H. The van der Waals surface area contributed by atoms with Crippen LogP contribution >= 0.6 is 12.4 Å². The fraction of sp³-hybridized carbons (Fsp3) is 0. The lowest BCUT2D eigenvalue weighted by atomic mass is 10.2. The summed E-state index contributed by atoms with van der Waals surface area (Å²) in [5.74, 6) is -2.07. The maximum Gasteiger partial charge on any atom is 0.335 e. The van der Waals surface area contributed by atoms with Crippen molar-refractivity contribution in [1.29, 1.82) is 0 Å². The lowest BCUT2D eigenvalue weighted by molar-refractivity contribution is -0.383. The molecule has 0 radical (unpaired) electrons. The zero-order valence-corrected chi connectivity index (χ0v) is 14.8. The van der Waals surface area contributed by atoms with E-state index in [2.05, 4.69) is 20.6 Å². The molecular weight excluding hydrogens is 393 g/mol. The highest BCUT2D eigenvalue weighted by Gasteiger charge is 2.15. The lowest BCUT2D eigenvalue weighted by Gasteiger charge is -2.10. The van der Waals surface area contributed by atoms with Crippen LogP contribution in [0, 0.1) is 15.9 Å². The highest BCUT2D eigenvalue weighted by Crippen LogP contribution is 2.27. The highest BCUT2D eigenvalue weighted by molar-refractivity contribution is 5.88. The van der Waals surface area contributed by atoms with Gasteiger partial charge in [0, 0.05) is 11.8 Å². The lowest BCUT2D eigenvalue weighted by Crippen LogP contribution is -2.05. The van der Waals surface area contributed by atoms with Crippen molar-refractivity contribution in [2.45, 2.75) is 0 Å². The molecule has 0 saturated carbocycles. The number of nitro benzene ring substituents is 1. The average molecular weight is 406 g/mol. The molecule has 1 aromatic heterocycles. The van der Waals surface area contributed by atoms with E-state index in [4.69, 9.17) is 5.11 Å². The number of hydrogen-bond acceptors (Lipinski definition) is 7. The van der Waals surface area contributed by atoms with Crippen LogP contribution in [0.25, 0.3) is 0 Å². The second kappa shape index (κ2) is 8.73. The summed E-state index contributed by atoms with van der Waals surface area (Å²) < 4.78 is 14.0. The van der Waals surface area contributed by atoms with Gasteiger partial charge in [-0.25, -0.2) is 14.2 Å². The summed E-state index contributed by atoms with van der Waals surface area (Å²) >= 11 is 0. The number of para-hydroxylation sites is 2. The van der Waals surface area contributed by atoms with Crippen LogP contribution in [0.1, 0.15) is 10.4 Å². The van der Waals surface area contributed by atoms with Gasteiger partial charge in [-0.2, -0.15) is 4.98 Å². The van der Waals surface area contributed by atoms with E-state index in [-0.39, 0.29) is 41.1 Å². The fourth-order valence-electron chi connectivity index (χ4n) is 2.21. The molecule has 28 heavy (non-hydrogen) atoms. The maximum absolute atomic E-state index is 14.0. The van der Waals surface area contributed by atoms with Crippen LogP contribution in [0.4, 0.5) is 33.2 Å². The monoisotopic (exact) mass is 405 g/mol. The second-order valence-electron chi connectivity index (χ2n) is 5.30. The van der Waals surface area contributed by atoms with Gasteiger partial charge in [-0.15, -0.1) is 12.4 Å². The molecule has 0 atom stereocenters. The first kappa shape index (κ1) is 20.5. The number of rotatable bonds is 6.